The van der Waals surface area contributed by atoms with Crippen molar-refractivity contribution in [3.05, 3.63) is 79.9 Å². The molecule has 0 spiro atoms. The molecule has 0 atom stereocenters. The van der Waals surface area contributed by atoms with Crippen molar-refractivity contribution in [2.24, 2.45) is 0 Å². The van der Waals surface area contributed by atoms with Crippen molar-refractivity contribution in [1.29, 1.82) is 0 Å². The number of rotatable bonds is 7. The standard InChI is InChI=1S/C24H22BrN3O2S2/c1-3-7-19-15(2)21-22(32-19)27-24(28(23(21)30)18-8-5-4-6-9-18)31-14-20(29)26-17-12-10-16(25)11-13-17/h4-6,8-13H,3,7,14H2,1-2H3,(H,26,29). The lowest BCUT2D eigenvalue weighted by atomic mass is 10.1. The van der Waals surface area contributed by atoms with Gasteiger partial charge in [-0.05, 0) is 55.3 Å². The first kappa shape index (κ1) is 22.8. The molecule has 0 aliphatic heterocycles. The predicted octanol–water partition coefficient (Wildman–Crippen LogP) is 6.20. The summed E-state index contributed by atoms with van der Waals surface area (Å²) in [7, 11) is 0. The van der Waals surface area contributed by atoms with Gasteiger partial charge in [0, 0.05) is 15.0 Å². The fourth-order valence-corrected chi connectivity index (χ4v) is 5.83. The van der Waals surface area contributed by atoms with E-state index in [1.165, 1.54) is 16.6 Å². The molecular weight excluding hydrogens is 506 g/mol. The number of para-hydroxylation sites is 1. The summed E-state index contributed by atoms with van der Waals surface area (Å²) in [4.78, 5) is 32.9. The van der Waals surface area contributed by atoms with Crippen LogP contribution in [-0.2, 0) is 11.2 Å². The van der Waals surface area contributed by atoms with E-state index in [0.29, 0.717) is 10.5 Å². The lowest BCUT2D eigenvalue weighted by Gasteiger charge is -2.12. The molecule has 0 unspecified atom stereocenters. The van der Waals surface area contributed by atoms with Gasteiger partial charge in [0.25, 0.3) is 5.56 Å². The predicted molar refractivity (Wildman–Crippen MR) is 137 cm³/mol. The maximum absolute atomic E-state index is 13.6. The van der Waals surface area contributed by atoms with Gasteiger partial charge < -0.3 is 5.32 Å². The van der Waals surface area contributed by atoms with E-state index in [0.717, 1.165) is 39.1 Å². The van der Waals surface area contributed by atoms with Crippen LogP contribution in [0.1, 0.15) is 23.8 Å². The Morgan fingerprint density at radius 3 is 2.56 bits per heavy atom. The number of amides is 1. The number of fused-ring (bicyclic) bond motifs is 1. The van der Waals surface area contributed by atoms with Gasteiger partial charge in [0.15, 0.2) is 5.16 Å². The van der Waals surface area contributed by atoms with Crippen LogP contribution in [0.25, 0.3) is 15.9 Å². The van der Waals surface area contributed by atoms with Crippen LogP contribution in [0, 0.1) is 6.92 Å². The van der Waals surface area contributed by atoms with Crippen molar-refractivity contribution in [1.82, 2.24) is 9.55 Å². The number of halogens is 1. The number of hydrogen-bond donors (Lipinski definition) is 1. The van der Waals surface area contributed by atoms with Gasteiger partial charge in [-0.15, -0.1) is 11.3 Å². The molecule has 0 aliphatic rings. The second kappa shape index (κ2) is 10.0. The van der Waals surface area contributed by atoms with E-state index >= 15 is 0 Å². The molecule has 2 aromatic heterocycles. The van der Waals surface area contributed by atoms with E-state index in [4.69, 9.17) is 4.98 Å². The highest BCUT2D eigenvalue weighted by molar-refractivity contribution is 9.10. The molecule has 1 N–H and O–H groups in total. The number of anilines is 1. The van der Waals surface area contributed by atoms with Crippen LogP contribution < -0.4 is 10.9 Å². The summed E-state index contributed by atoms with van der Waals surface area (Å²) in [6.45, 7) is 4.13. The monoisotopic (exact) mass is 527 g/mol. The van der Waals surface area contributed by atoms with E-state index in [-0.39, 0.29) is 17.2 Å². The number of nitrogens with one attached hydrogen (secondary N) is 1. The second-order valence-electron chi connectivity index (χ2n) is 7.29. The van der Waals surface area contributed by atoms with Gasteiger partial charge in [0.2, 0.25) is 5.91 Å². The normalized spacial score (nSPS) is 11.1. The number of benzene rings is 2. The minimum absolute atomic E-state index is 0.0897. The van der Waals surface area contributed by atoms with Gasteiger partial charge in [-0.1, -0.05) is 59.2 Å². The highest BCUT2D eigenvalue weighted by Crippen LogP contribution is 2.31. The second-order valence-corrected chi connectivity index (χ2v) is 10.2. The van der Waals surface area contributed by atoms with Gasteiger partial charge >= 0.3 is 0 Å². The average molecular weight is 528 g/mol. The van der Waals surface area contributed by atoms with Gasteiger partial charge in [0.1, 0.15) is 4.83 Å². The first-order chi connectivity index (χ1) is 15.5. The summed E-state index contributed by atoms with van der Waals surface area (Å²) < 4.78 is 2.57. The van der Waals surface area contributed by atoms with Crippen LogP contribution in [-0.4, -0.2) is 21.2 Å². The van der Waals surface area contributed by atoms with Gasteiger partial charge in [-0.3, -0.25) is 14.2 Å². The number of carbonyl (C=O) groups is 1. The molecule has 164 valence electrons. The topological polar surface area (TPSA) is 64.0 Å². The fourth-order valence-electron chi connectivity index (χ4n) is 3.44. The van der Waals surface area contributed by atoms with Crippen LogP contribution in [0.5, 0.6) is 0 Å². The third-order valence-electron chi connectivity index (χ3n) is 4.98. The Kier molecular flexibility index (Phi) is 7.13. The summed E-state index contributed by atoms with van der Waals surface area (Å²) in [5, 5.41) is 4.08. The Hall–Kier alpha value is -2.42. The van der Waals surface area contributed by atoms with Crippen molar-refractivity contribution in [3.8, 4) is 5.69 Å². The molecule has 4 aromatic rings. The molecule has 0 bridgehead atoms. The quantitative estimate of drug-likeness (QED) is 0.229. The molecule has 0 aliphatic carbocycles. The molecule has 32 heavy (non-hydrogen) atoms. The van der Waals surface area contributed by atoms with E-state index in [1.54, 1.807) is 15.9 Å². The Morgan fingerprint density at radius 2 is 1.88 bits per heavy atom. The van der Waals surface area contributed by atoms with Gasteiger partial charge in [-0.2, -0.15) is 0 Å². The number of nitrogens with zero attached hydrogens (tertiary/aromatic N) is 2. The van der Waals surface area contributed by atoms with Crippen molar-refractivity contribution in [2.45, 2.75) is 31.8 Å². The summed E-state index contributed by atoms with van der Waals surface area (Å²) in [6.07, 6.45) is 1.94. The summed E-state index contributed by atoms with van der Waals surface area (Å²) in [6, 6.07) is 16.9. The van der Waals surface area contributed by atoms with E-state index < -0.39 is 0 Å². The molecule has 1 amide bonds. The van der Waals surface area contributed by atoms with Gasteiger partial charge in [0.05, 0.1) is 16.8 Å². The number of hydrogen-bond acceptors (Lipinski definition) is 5. The highest BCUT2D eigenvalue weighted by Gasteiger charge is 2.19. The van der Waals surface area contributed by atoms with E-state index in [9.17, 15) is 9.59 Å². The zero-order chi connectivity index (χ0) is 22.7. The first-order valence-electron chi connectivity index (χ1n) is 10.3. The lowest BCUT2D eigenvalue weighted by molar-refractivity contribution is -0.113. The molecule has 4 rings (SSSR count). The maximum atomic E-state index is 13.6. The Bertz CT molecular complexity index is 1320. The highest BCUT2D eigenvalue weighted by atomic mass is 79.9. The number of aromatic nitrogens is 2. The van der Waals surface area contributed by atoms with Crippen molar-refractivity contribution in [3.63, 3.8) is 0 Å². The molecule has 0 fully saturated rings. The summed E-state index contributed by atoms with van der Waals surface area (Å²) >= 11 is 6.23. The number of carbonyl (C=O) groups excluding carboxylic acids is 1. The van der Waals surface area contributed by atoms with Crippen LogP contribution in [0.2, 0.25) is 0 Å². The minimum atomic E-state index is -0.152. The molecule has 2 aromatic carbocycles. The maximum Gasteiger partial charge on any atom is 0.267 e. The number of thiophene rings is 1. The third kappa shape index (κ3) is 4.82. The third-order valence-corrected chi connectivity index (χ3v) is 7.70. The Morgan fingerprint density at radius 1 is 1.16 bits per heavy atom. The van der Waals surface area contributed by atoms with Crippen molar-refractivity contribution >= 4 is 60.8 Å². The smallest absolute Gasteiger partial charge is 0.267 e. The molecule has 2 heterocycles. The SMILES string of the molecule is CCCc1sc2nc(SCC(=O)Nc3ccc(Br)cc3)n(-c3ccccc3)c(=O)c2c1C. The molecule has 0 saturated heterocycles. The first-order valence-corrected chi connectivity index (χ1v) is 12.9. The Labute approximate surface area is 203 Å². The van der Waals surface area contributed by atoms with Crippen LogP contribution in [0.15, 0.2) is 69.0 Å². The lowest BCUT2D eigenvalue weighted by Crippen LogP contribution is -2.22. The van der Waals surface area contributed by atoms with Gasteiger partial charge in [-0.25, -0.2) is 4.98 Å². The molecule has 0 radical (unpaired) electrons. The van der Waals surface area contributed by atoms with Crippen LogP contribution >= 0.6 is 39.0 Å². The number of thioether (sulfide) groups is 1. The van der Waals surface area contributed by atoms with E-state index in [2.05, 4.69) is 28.2 Å². The van der Waals surface area contributed by atoms with E-state index in [1.807, 2.05) is 61.5 Å². The van der Waals surface area contributed by atoms with Crippen LogP contribution in [0.3, 0.4) is 0 Å². The number of aryl methyl sites for hydroxylation is 2. The average Bonchev–Trinajstić information content (AvgIpc) is 3.10. The largest absolute Gasteiger partial charge is 0.325 e. The minimum Gasteiger partial charge on any atom is -0.325 e. The molecule has 5 nitrogen and oxygen atoms in total. The molecular formula is C24H22BrN3O2S2. The summed E-state index contributed by atoms with van der Waals surface area (Å²) in [5.74, 6) is -0.00664. The molecule has 0 saturated carbocycles. The van der Waals surface area contributed by atoms with Crippen molar-refractivity contribution in [2.75, 3.05) is 11.1 Å². The zero-order valence-electron chi connectivity index (χ0n) is 17.7. The summed E-state index contributed by atoms with van der Waals surface area (Å²) in [5.41, 5.74) is 2.39. The Balaban J connectivity index is 1.69. The zero-order valence-corrected chi connectivity index (χ0v) is 20.9. The van der Waals surface area contributed by atoms with Crippen molar-refractivity contribution < 1.29 is 4.79 Å². The van der Waals surface area contributed by atoms with Crippen LogP contribution in [0.4, 0.5) is 5.69 Å². The fraction of sp³-hybridized carbons (Fsp3) is 0.208. The molecule has 8 heteroatoms.